The van der Waals surface area contributed by atoms with Crippen LogP contribution in [-0.2, 0) is 14.8 Å². The first-order valence-electron chi connectivity index (χ1n) is 8.34. The third-order valence-electron chi connectivity index (χ3n) is 4.57. The van der Waals surface area contributed by atoms with Gasteiger partial charge in [0.05, 0.1) is 10.9 Å². The second-order valence-electron chi connectivity index (χ2n) is 6.38. The zero-order valence-electron chi connectivity index (χ0n) is 14.8. The molecule has 1 amide bonds. The monoisotopic (exact) mass is 371 g/mol. The number of hydrogen-bond acceptors (Lipinski definition) is 4. The minimum absolute atomic E-state index is 0.0567. The van der Waals surface area contributed by atoms with Crippen molar-refractivity contribution in [1.82, 2.24) is 4.31 Å². The van der Waals surface area contributed by atoms with Gasteiger partial charge in [0.2, 0.25) is 0 Å². The first-order chi connectivity index (χ1) is 12.3. The average molecular weight is 371 g/mol. The molecule has 0 aliphatic carbocycles. The van der Waals surface area contributed by atoms with Gasteiger partial charge in [-0.2, -0.15) is 4.31 Å². The van der Waals surface area contributed by atoms with Crippen LogP contribution in [0.5, 0.6) is 0 Å². The molecular formula is C20H21NO4S. The maximum absolute atomic E-state index is 13.0. The summed E-state index contributed by atoms with van der Waals surface area (Å²) in [6, 6.07) is 13.3. The summed E-state index contributed by atoms with van der Waals surface area (Å²) in [6.07, 6.45) is 0.425. The van der Waals surface area contributed by atoms with E-state index in [2.05, 4.69) is 6.58 Å². The molecule has 1 aliphatic heterocycles. The minimum atomic E-state index is -4.02. The van der Waals surface area contributed by atoms with Gasteiger partial charge in [0.15, 0.2) is 0 Å². The number of aryl methyl sites for hydroxylation is 2. The van der Waals surface area contributed by atoms with Crippen LogP contribution in [0.4, 0.5) is 4.79 Å². The Kier molecular flexibility index (Phi) is 4.87. The quantitative estimate of drug-likeness (QED) is 0.758. The van der Waals surface area contributed by atoms with Crippen LogP contribution >= 0.6 is 0 Å². The lowest BCUT2D eigenvalue weighted by molar-refractivity contribution is 0.0352. The first-order valence-corrected chi connectivity index (χ1v) is 9.78. The molecule has 5 nitrogen and oxygen atoms in total. The first kappa shape index (κ1) is 18.2. The van der Waals surface area contributed by atoms with Crippen molar-refractivity contribution < 1.29 is 17.9 Å². The van der Waals surface area contributed by atoms with Crippen molar-refractivity contribution in [2.45, 2.75) is 37.3 Å². The van der Waals surface area contributed by atoms with Crippen molar-refractivity contribution in [1.29, 1.82) is 0 Å². The standard InChI is InChI=1S/C20H21NO4S/c1-4-16-13-19(18-8-6-5-7-15(18)3)25-20(22)21(16)26(23,24)17-11-9-14(2)10-12-17/h4-12,16,19H,1,13H2,2-3H3/t16-,19+/m1/s1. The Hall–Kier alpha value is -2.60. The third-order valence-corrected chi connectivity index (χ3v) is 6.37. The predicted molar refractivity (Wildman–Crippen MR) is 99.2 cm³/mol. The highest BCUT2D eigenvalue weighted by atomic mass is 32.2. The number of ether oxygens (including phenoxy) is 1. The molecule has 2 aromatic carbocycles. The van der Waals surface area contributed by atoms with Gasteiger partial charge in [-0.25, -0.2) is 13.2 Å². The fourth-order valence-corrected chi connectivity index (χ4v) is 4.58. The van der Waals surface area contributed by atoms with Crippen molar-refractivity contribution in [3.8, 4) is 0 Å². The summed E-state index contributed by atoms with van der Waals surface area (Å²) in [7, 11) is -4.02. The van der Waals surface area contributed by atoms with Gasteiger partial charge in [0, 0.05) is 6.42 Å². The Balaban J connectivity index is 1.95. The Morgan fingerprint density at radius 3 is 2.38 bits per heavy atom. The maximum atomic E-state index is 13.0. The van der Waals surface area contributed by atoms with E-state index in [0.717, 1.165) is 21.0 Å². The highest BCUT2D eigenvalue weighted by Crippen LogP contribution is 2.35. The van der Waals surface area contributed by atoms with Gasteiger partial charge in [-0.15, -0.1) is 6.58 Å². The van der Waals surface area contributed by atoms with Crippen LogP contribution in [0.25, 0.3) is 0 Å². The third kappa shape index (κ3) is 3.24. The molecule has 0 saturated carbocycles. The zero-order chi connectivity index (χ0) is 18.9. The molecule has 6 heteroatoms. The highest BCUT2D eigenvalue weighted by Gasteiger charge is 2.42. The summed E-state index contributed by atoms with van der Waals surface area (Å²) in [5.74, 6) is 0. The Labute approximate surface area is 154 Å². The number of amides is 1. The lowest BCUT2D eigenvalue weighted by Gasteiger charge is -2.37. The molecule has 3 rings (SSSR count). The summed E-state index contributed by atoms with van der Waals surface area (Å²) in [5.41, 5.74) is 2.80. The van der Waals surface area contributed by atoms with Gasteiger partial charge < -0.3 is 4.74 Å². The van der Waals surface area contributed by atoms with Gasteiger partial charge in [0.25, 0.3) is 10.0 Å². The number of carbonyl (C=O) groups is 1. The zero-order valence-corrected chi connectivity index (χ0v) is 15.6. The fraction of sp³-hybridized carbons (Fsp3) is 0.250. The molecule has 0 aromatic heterocycles. The van der Waals surface area contributed by atoms with Crippen LogP contribution in [0.1, 0.15) is 29.2 Å². The molecule has 1 aliphatic rings. The van der Waals surface area contributed by atoms with Crippen LogP contribution in [0.3, 0.4) is 0 Å². The maximum Gasteiger partial charge on any atom is 0.425 e. The minimum Gasteiger partial charge on any atom is -0.440 e. The number of cyclic esters (lactones) is 1. The SMILES string of the molecule is C=C[C@@H]1C[C@@H](c2ccccc2C)OC(=O)N1S(=O)(=O)c1ccc(C)cc1. The summed E-state index contributed by atoms with van der Waals surface area (Å²) >= 11 is 0. The van der Waals surface area contributed by atoms with Crippen LogP contribution in [0.15, 0.2) is 66.1 Å². The van der Waals surface area contributed by atoms with Crippen LogP contribution in [0, 0.1) is 13.8 Å². The van der Waals surface area contributed by atoms with Crippen molar-refractivity contribution >= 4 is 16.1 Å². The number of sulfonamides is 1. The van der Waals surface area contributed by atoms with Gasteiger partial charge in [-0.1, -0.05) is 48.0 Å². The van der Waals surface area contributed by atoms with E-state index in [-0.39, 0.29) is 4.90 Å². The van der Waals surface area contributed by atoms with Crippen molar-refractivity contribution in [2.24, 2.45) is 0 Å². The Bertz CT molecular complexity index is 935. The molecule has 136 valence electrons. The fourth-order valence-electron chi connectivity index (χ4n) is 3.10. The van der Waals surface area contributed by atoms with E-state index in [1.807, 2.05) is 38.1 Å². The predicted octanol–water partition coefficient (Wildman–Crippen LogP) is 4.13. The molecule has 26 heavy (non-hydrogen) atoms. The van der Waals surface area contributed by atoms with Crippen LogP contribution < -0.4 is 0 Å². The molecule has 0 radical (unpaired) electrons. The number of benzene rings is 2. The van der Waals surface area contributed by atoms with Crippen LogP contribution in [0.2, 0.25) is 0 Å². The van der Waals surface area contributed by atoms with Gasteiger partial charge >= 0.3 is 6.09 Å². The number of nitrogens with zero attached hydrogens (tertiary/aromatic N) is 1. The second kappa shape index (κ2) is 6.96. The second-order valence-corrected chi connectivity index (χ2v) is 8.20. The molecule has 2 atom stereocenters. The molecule has 1 fully saturated rings. The lowest BCUT2D eigenvalue weighted by Crippen LogP contribution is -2.48. The number of carbonyl (C=O) groups excluding carboxylic acids is 1. The lowest BCUT2D eigenvalue weighted by atomic mass is 9.97. The smallest absolute Gasteiger partial charge is 0.425 e. The number of hydrogen-bond donors (Lipinski definition) is 0. The molecule has 0 bridgehead atoms. The van der Waals surface area contributed by atoms with Crippen molar-refractivity contribution in [2.75, 3.05) is 0 Å². The molecule has 2 aromatic rings. The Morgan fingerprint density at radius 1 is 1.12 bits per heavy atom. The molecule has 1 saturated heterocycles. The van der Waals surface area contributed by atoms with E-state index >= 15 is 0 Å². The highest BCUT2D eigenvalue weighted by molar-refractivity contribution is 7.89. The van der Waals surface area contributed by atoms with Gasteiger partial charge in [-0.05, 0) is 37.1 Å². The molecule has 0 unspecified atom stereocenters. The van der Waals surface area contributed by atoms with E-state index in [1.165, 1.54) is 18.2 Å². The summed E-state index contributed by atoms with van der Waals surface area (Å²) in [4.78, 5) is 12.7. The normalized spacial score (nSPS) is 20.5. The summed E-state index contributed by atoms with van der Waals surface area (Å²) in [5, 5.41) is 0. The molecule has 1 heterocycles. The van der Waals surface area contributed by atoms with E-state index in [0.29, 0.717) is 6.42 Å². The molecule has 0 spiro atoms. The van der Waals surface area contributed by atoms with E-state index in [9.17, 15) is 13.2 Å². The van der Waals surface area contributed by atoms with Gasteiger partial charge in [-0.3, -0.25) is 0 Å². The van der Waals surface area contributed by atoms with Crippen molar-refractivity contribution in [3.05, 3.63) is 77.9 Å². The Morgan fingerprint density at radius 2 is 1.77 bits per heavy atom. The summed E-state index contributed by atoms with van der Waals surface area (Å²) < 4.78 is 32.2. The largest absolute Gasteiger partial charge is 0.440 e. The van der Waals surface area contributed by atoms with E-state index in [4.69, 9.17) is 4.74 Å². The molecule has 0 N–H and O–H groups in total. The number of rotatable bonds is 4. The topological polar surface area (TPSA) is 63.7 Å². The van der Waals surface area contributed by atoms with E-state index < -0.39 is 28.3 Å². The molecular weight excluding hydrogens is 350 g/mol. The van der Waals surface area contributed by atoms with Crippen LogP contribution in [-0.4, -0.2) is 24.9 Å². The van der Waals surface area contributed by atoms with Crippen molar-refractivity contribution in [3.63, 3.8) is 0 Å². The van der Waals surface area contributed by atoms with Gasteiger partial charge in [0.1, 0.15) is 6.10 Å². The summed E-state index contributed by atoms with van der Waals surface area (Å²) in [6.45, 7) is 7.53. The average Bonchev–Trinajstić information content (AvgIpc) is 2.61. The van der Waals surface area contributed by atoms with E-state index in [1.54, 1.807) is 12.1 Å².